The summed E-state index contributed by atoms with van der Waals surface area (Å²) >= 11 is 0.243. The van der Waals surface area contributed by atoms with Gasteiger partial charge < -0.3 is 14.8 Å². The van der Waals surface area contributed by atoms with Crippen LogP contribution in [0, 0.1) is 0 Å². The maximum atomic E-state index is 12.5. The fourth-order valence-corrected chi connectivity index (χ4v) is 2.44. The highest BCUT2D eigenvalue weighted by Gasteiger charge is 2.16. The second kappa shape index (κ2) is 9.07. The first kappa shape index (κ1) is 18.0. The van der Waals surface area contributed by atoms with Gasteiger partial charge in [0.25, 0.3) is 11.7 Å². The molecular formula is C16H16F2N2O3S. The van der Waals surface area contributed by atoms with E-state index in [0.717, 1.165) is 0 Å². The Morgan fingerprint density at radius 3 is 2.83 bits per heavy atom. The van der Waals surface area contributed by atoms with Crippen LogP contribution in [-0.2, 0) is 0 Å². The number of thioether (sulfide) groups is 1. The Morgan fingerprint density at radius 1 is 1.29 bits per heavy atom. The fraction of sp³-hybridized carbons (Fsp3) is 0.250. The smallest absolute Gasteiger partial charge is 0.290 e. The molecular weight excluding hydrogens is 338 g/mol. The van der Waals surface area contributed by atoms with E-state index in [0.29, 0.717) is 11.5 Å². The summed E-state index contributed by atoms with van der Waals surface area (Å²) in [6.07, 6.45) is 1.37. The summed E-state index contributed by atoms with van der Waals surface area (Å²) in [5, 5.41) is 2.62. The lowest BCUT2D eigenvalue weighted by Gasteiger charge is -2.10. The van der Waals surface area contributed by atoms with E-state index in [1.165, 1.54) is 18.3 Å². The molecule has 24 heavy (non-hydrogen) atoms. The number of carbonyl (C=O) groups is 1. The van der Waals surface area contributed by atoms with Crippen LogP contribution in [0.1, 0.15) is 10.4 Å². The maximum absolute atomic E-state index is 12.5. The number of pyridine rings is 1. The number of hydrogen-bond donors (Lipinski definition) is 1. The molecule has 0 aliphatic carbocycles. The van der Waals surface area contributed by atoms with Crippen molar-refractivity contribution in [3.63, 3.8) is 0 Å². The van der Waals surface area contributed by atoms with E-state index in [2.05, 4.69) is 10.3 Å². The van der Waals surface area contributed by atoms with Crippen LogP contribution in [0.25, 0.3) is 0 Å². The van der Waals surface area contributed by atoms with Gasteiger partial charge in [0.05, 0.1) is 19.2 Å². The number of nitrogens with one attached hydrogen (secondary N) is 1. The molecule has 5 nitrogen and oxygen atoms in total. The predicted molar refractivity (Wildman–Crippen MR) is 86.9 cm³/mol. The number of rotatable bonds is 8. The molecule has 0 aliphatic heterocycles. The maximum Gasteiger partial charge on any atom is 0.290 e. The number of methoxy groups -OCH3 is 1. The van der Waals surface area contributed by atoms with Crippen molar-refractivity contribution in [2.75, 3.05) is 20.3 Å². The van der Waals surface area contributed by atoms with Crippen molar-refractivity contribution in [2.45, 2.75) is 10.8 Å². The summed E-state index contributed by atoms with van der Waals surface area (Å²) in [7, 11) is 1.56. The van der Waals surface area contributed by atoms with E-state index in [4.69, 9.17) is 9.47 Å². The van der Waals surface area contributed by atoms with Gasteiger partial charge in [-0.05, 0) is 36.0 Å². The van der Waals surface area contributed by atoms with Gasteiger partial charge in [0.2, 0.25) is 0 Å². The lowest BCUT2D eigenvalue weighted by Crippen LogP contribution is -2.28. The molecule has 1 aromatic carbocycles. The van der Waals surface area contributed by atoms with E-state index in [1.54, 1.807) is 31.4 Å². The minimum absolute atomic E-state index is 0.00119. The minimum Gasteiger partial charge on any atom is -0.497 e. The quantitative estimate of drug-likeness (QED) is 0.583. The van der Waals surface area contributed by atoms with Crippen LogP contribution in [0.3, 0.4) is 0 Å². The lowest BCUT2D eigenvalue weighted by molar-refractivity contribution is 0.0943. The van der Waals surface area contributed by atoms with E-state index in [-0.39, 0.29) is 35.5 Å². The number of aromatic nitrogens is 1. The number of ether oxygens (including phenoxy) is 2. The van der Waals surface area contributed by atoms with E-state index < -0.39 is 11.7 Å². The van der Waals surface area contributed by atoms with Crippen LogP contribution in [0.4, 0.5) is 8.78 Å². The molecule has 0 radical (unpaired) electrons. The van der Waals surface area contributed by atoms with Gasteiger partial charge in [0.1, 0.15) is 23.1 Å². The molecule has 1 N–H and O–H groups in total. The molecule has 0 fully saturated rings. The molecule has 0 unspecified atom stereocenters. The van der Waals surface area contributed by atoms with Crippen molar-refractivity contribution in [1.82, 2.24) is 10.3 Å². The number of hydrogen-bond acceptors (Lipinski definition) is 5. The molecule has 8 heteroatoms. The average molecular weight is 354 g/mol. The fourth-order valence-electron chi connectivity index (χ4n) is 1.86. The Hall–Kier alpha value is -2.35. The van der Waals surface area contributed by atoms with Gasteiger partial charge in [-0.2, -0.15) is 8.78 Å². The van der Waals surface area contributed by atoms with Crippen LogP contribution in [0.2, 0.25) is 0 Å². The highest BCUT2D eigenvalue weighted by Crippen LogP contribution is 2.26. The van der Waals surface area contributed by atoms with E-state index in [1.807, 2.05) is 0 Å². The zero-order valence-electron chi connectivity index (χ0n) is 12.9. The van der Waals surface area contributed by atoms with E-state index >= 15 is 0 Å². The van der Waals surface area contributed by atoms with Crippen LogP contribution in [-0.4, -0.2) is 36.9 Å². The molecule has 128 valence electrons. The van der Waals surface area contributed by atoms with Crippen LogP contribution >= 0.6 is 11.8 Å². The molecule has 0 saturated carbocycles. The molecule has 2 rings (SSSR count). The third-order valence-electron chi connectivity index (χ3n) is 2.91. The van der Waals surface area contributed by atoms with Gasteiger partial charge in [-0.1, -0.05) is 6.07 Å². The standard InChI is InChI=1S/C16H16F2N2O3S/c1-22-11-4-2-5-12(10-11)23-9-8-19-14(21)13-6-3-7-20-15(13)24-16(17)18/h2-7,10,16H,8-9H2,1H3,(H,19,21). The molecule has 2 aromatic rings. The molecule has 0 aliphatic rings. The SMILES string of the molecule is COc1cccc(OCCNC(=O)c2cccnc2SC(F)F)c1. The number of alkyl halides is 2. The van der Waals surface area contributed by atoms with Crippen LogP contribution in [0.15, 0.2) is 47.6 Å². The average Bonchev–Trinajstić information content (AvgIpc) is 2.58. The summed E-state index contributed by atoms with van der Waals surface area (Å²) in [6, 6.07) is 10.0. The van der Waals surface area contributed by atoms with Crippen molar-refractivity contribution >= 4 is 17.7 Å². The van der Waals surface area contributed by atoms with Crippen molar-refractivity contribution < 1.29 is 23.0 Å². The second-order valence-electron chi connectivity index (χ2n) is 4.52. The van der Waals surface area contributed by atoms with Crippen molar-refractivity contribution in [3.8, 4) is 11.5 Å². The first-order valence-electron chi connectivity index (χ1n) is 7.05. The van der Waals surface area contributed by atoms with E-state index in [9.17, 15) is 13.6 Å². The molecule has 0 atom stereocenters. The second-order valence-corrected chi connectivity index (χ2v) is 5.50. The molecule has 1 aromatic heterocycles. The summed E-state index contributed by atoms with van der Waals surface area (Å²) in [6.45, 7) is 0.459. The number of benzene rings is 1. The van der Waals surface area contributed by atoms with Gasteiger partial charge in [-0.3, -0.25) is 4.79 Å². The van der Waals surface area contributed by atoms with Crippen LogP contribution in [0.5, 0.6) is 11.5 Å². The summed E-state index contributed by atoms with van der Waals surface area (Å²) in [5.74, 6) is -1.83. The molecule has 1 heterocycles. The Kier molecular flexibility index (Phi) is 6.80. The third kappa shape index (κ3) is 5.38. The van der Waals surface area contributed by atoms with Gasteiger partial charge in [0.15, 0.2) is 0 Å². The van der Waals surface area contributed by atoms with Gasteiger partial charge in [-0.15, -0.1) is 0 Å². The van der Waals surface area contributed by atoms with Crippen molar-refractivity contribution in [1.29, 1.82) is 0 Å². The highest BCUT2D eigenvalue weighted by molar-refractivity contribution is 7.99. The number of amides is 1. The first-order chi connectivity index (χ1) is 11.6. The normalized spacial score (nSPS) is 10.5. The van der Waals surface area contributed by atoms with Crippen LogP contribution < -0.4 is 14.8 Å². The van der Waals surface area contributed by atoms with Gasteiger partial charge in [0, 0.05) is 12.3 Å². The summed E-state index contributed by atoms with van der Waals surface area (Å²) in [4.78, 5) is 15.9. The monoisotopic (exact) mass is 354 g/mol. The molecule has 0 saturated heterocycles. The van der Waals surface area contributed by atoms with Crippen molar-refractivity contribution in [3.05, 3.63) is 48.2 Å². The largest absolute Gasteiger partial charge is 0.497 e. The minimum atomic E-state index is -2.64. The summed E-state index contributed by atoms with van der Waals surface area (Å²) < 4.78 is 35.5. The molecule has 1 amide bonds. The lowest BCUT2D eigenvalue weighted by atomic mass is 10.2. The number of halogens is 2. The Morgan fingerprint density at radius 2 is 2.08 bits per heavy atom. The Bertz CT molecular complexity index is 686. The Balaban J connectivity index is 1.85. The first-order valence-corrected chi connectivity index (χ1v) is 7.93. The third-order valence-corrected chi connectivity index (χ3v) is 3.64. The Labute approximate surface area is 142 Å². The molecule has 0 spiro atoms. The van der Waals surface area contributed by atoms with Gasteiger partial charge >= 0.3 is 0 Å². The van der Waals surface area contributed by atoms with Gasteiger partial charge in [-0.25, -0.2) is 4.98 Å². The van der Waals surface area contributed by atoms with Crippen molar-refractivity contribution in [2.24, 2.45) is 0 Å². The highest BCUT2D eigenvalue weighted by atomic mass is 32.2. The zero-order valence-corrected chi connectivity index (χ0v) is 13.7. The topological polar surface area (TPSA) is 60.5 Å². The predicted octanol–water partition coefficient (Wildman–Crippen LogP) is 3.21. The summed E-state index contributed by atoms with van der Waals surface area (Å²) in [5.41, 5.74) is 0.115. The number of carbonyl (C=O) groups excluding carboxylic acids is 1. The zero-order chi connectivity index (χ0) is 17.4. The number of nitrogens with zero attached hydrogens (tertiary/aromatic N) is 1. The molecule has 0 bridgehead atoms.